The molecular weight excluding hydrogens is 288 g/mol. The monoisotopic (exact) mass is 318 g/mol. The van der Waals surface area contributed by atoms with Gasteiger partial charge < -0.3 is 5.11 Å². The lowest BCUT2D eigenvalue weighted by atomic mass is 10.2. The predicted molar refractivity (Wildman–Crippen MR) is 96.4 cm³/mol. The van der Waals surface area contributed by atoms with Gasteiger partial charge in [-0.15, -0.1) is 0 Å². The van der Waals surface area contributed by atoms with E-state index in [0.717, 1.165) is 12.8 Å². The minimum Gasteiger partial charge on any atom is -0.481 e. The summed E-state index contributed by atoms with van der Waals surface area (Å²) in [5.41, 5.74) is 0. The Morgan fingerprint density at radius 2 is 1.61 bits per heavy atom. The van der Waals surface area contributed by atoms with E-state index in [1.165, 1.54) is 19.3 Å². The van der Waals surface area contributed by atoms with Crippen molar-refractivity contribution in [2.45, 2.75) is 64.7 Å². The van der Waals surface area contributed by atoms with Gasteiger partial charge in [0, 0.05) is 12.8 Å². The molecular formula is C20H30O3. The van der Waals surface area contributed by atoms with Gasteiger partial charge in [-0.25, -0.2) is 0 Å². The lowest BCUT2D eigenvalue weighted by Crippen LogP contribution is -1.92. The van der Waals surface area contributed by atoms with Gasteiger partial charge in [0.15, 0.2) is 5.78 Å². The molecule has 0 aromatic rings. The van der Waals surface area contributed by atoms with Crippen LogP contribution in [-0.2, 0) is 9.59 Å². The maximum atomic E-state index is 11.5. The molecule has 0 heterocycles. The van der Waals surface area contributed by atoms with Crippen LogP contribution in [0.15, 0.2) is 48.6 Å². The first-order valence-electron chi connectivity index (χ1n) is 8.54. The van der Waals surface area contributed by atoms with Crippen molar-refractivity contribution in [3.63, 3.8) is 0 Å². The van der Waals surface area contributed by atoms with Gasteiger partial charge in [0.05, 0.1) is 0 Å². The van der Waals surface area contributed by atoms with Gasteiger partial charge in [-0.05, 0) is 38.2 Å². The minimum atomic E-state index is -0.778. The fourth-order valence-corrected chi connectivity index (χ4v) is 1.88. The number of rotatable bonds is 14. The van der Waals surface area contributed by atoms with E-state index in [2.05, 4.69) is 19.1 Å². The fraction of sp³-hybridized carbons (Fsp3) is 0.500. The first-order valence-corrected chi connectivity index (χ1v) is 8.54. The third-order valence-corrected chi connectivity index (χ3v) is 3.19. The zero-order valence-corrected chi connectivity index (χ0v) is 14.2. The maximum absolute atomic E-state index is 11.5. The van der Waals surface area contributed by atoms with E-state index in [1.54, 1.807) is 18.2 Å². The van der Waals surface area contributed by atoms with E-state index < -0.39 is 5.97 Å². The Labute approximate surface area is 140 Å². The summed E-state index contributed by atoms with van der Waals surface area (Å²) in [6.07, 6.45) is 23.0. The van der Waals surface area contributed by atoms with Crippen molar-refractivity contribution in [3.05, 3.63) is 48.6 Å². The quantitative estimate of drug-likeness (QED) is 0.202. The molecule has 0 amide bonds. The number of unbranched alkanes of at least 4 members (excludes halogenated alkanes) is 4. The summed E-state index contributed by atoms with van der Waals surface area (Å²) in [5.74, 6) is -0.723. The van der Waals surface area contributed by atoms with Crippen LogP contribution in [0.3, 0.4) is 0 Å². The molecule has 0 aromatic carbocycles. The highest BCUT2D eigenvalue weighted by Gasteiger charge is 1.94. The molecule has 0 bridgehead atoms. The number of carboxylic acids is 1. The second kappa shape index (κ2) is 16.5. The van der Waals surface area contributed by atoms with Gasteiger partial charge in [-0.1, -0.05) is 62.3 Å². The highest BCUT2D eigenvalue weighted by Crippen LogP contribution is 2.01. The Hall–Kier alpha value is -1.90. The summed E-state index contributed by atoms with van der Waals surface area (Å²) >= 11 is 0. The van der Waals surface area contributed by atoms with E-state index in [0.29, 0.717) is 19.3 Å². The van der Waals surface area contributed by atoms with Crippen LogP contribution in [0.2, 0.25) is 0 Å². The maximum Gasteiger partial charge on any atom is 0.303 e. The molecule has 0 saturated heterocycles. The summed E-state index contributed by atoms with van der Waals surface area (Å²) in [7, 11) is 0. The van der Waals surface area contributed by atoms with E-state index in [1.807, 2.05) is 18.2 Å². The van der Waals surface area contributed by atoms with Crippen molar-refractivity contribution in [2.75, 3.05) is 0 Å². The molecule has 0 unspecified atom stereocenters. The fourth-order valence-electron chi connectivity index (χ4n) is 1.88. The number of ketones is 1. The van der Waals surface area contributed by atoms with Crippen LogP contribution in [0.5, 0.6) is 0 Å². The first kappa shape index (κ1) is 21.1. The number of carboxylic acid groups (broad SMARTS) is 1. The van der Waals surface area contributed by atoms with Crippen molar-refractivity contribution in [1.29, 1.82) is 0 Å². The van der Waals surface area contributed by atoms with Crippen LogP contribution in [0.4, 0.5) is 0 Å². The van der Waals surface area contributed by atoms with Crippen molar-refractivity contribution >= 4 is 11.8 Å². The topological polar surface area (TPSA) is 54.4 Å². The Balaban J connectivity index is 3.65. The average molecular weight is 318 g/mol. The molecule has 3 heteroatoms. The van der Waals surface area contributed by atoms with Gasteiger partial charge in [0.1, 0.15) is 0 Å². The van der Waals surface area contributed by atoms with Crippen molar-refractivity contribution in [3.8, 4) is 0 Å². The molecule has 128 valence electrons. The molecule has 0 aromatic heterocycles. The van der Waals surface area contributed by atoms with Crippen LogP contribution >= 0.6 is 0 Å². The summed E-state index contributed by atoms with van der Waals surface area (Å²) in [6, 6.07) is 0. The number of carbonyl (C=O) groups is 2. The molecule has 0 fully saturated rings. The standard InChI is InChI=1S/C20H30O3/c1-2-3-4-5-6-7-8-9-10-13-16-19(21)17-14-11-12-15-18-20(22)23/h6-7,9-11,13-14,16H,2-5,8,12,15,17-18H2,1H3,(H,22,23). The Morgan fingerprint density at radius 3 is 2.35 bits per heavy atom. The average Bonchev–Trinajstić information content (AvgIpc) is 2.52. The second-order valence-corrected chi connectivity index (χ2v) is 5.42. The molecule has 3 nitrogen and oxygen atoms in total. The Kier molecular flexibility index (Phi) is 15.1. The van der Waals surface area contributed by atoms with Gasteiger partial charge >= 0.3 is 5.97 Å². The Morgan fingerprint density at radius 1 is 0.870 bits per heavy atom. The SMILES string of the molecule is CCCCCC=CCC=CC=CC(=O)CC=CCCCC(=O)O. The lowest BCUT2D eigenvalue weighted by Gasteiger charge is -1.91. The molecule has 0 aliphatic rings. The second-order valence-electron chi connectivity index (χ2n) is 5.42. The lowest BCUT2D eigenvalue weighted by molar-refractivity contribution is -0.137. The zero-order chi connectivity index (χ0) is 17.2. The molecule has 1 N–H and O–H groups in total. The molecule has 0 radical (unpaired) electrons. The highest BCUT2D eigenvalue weighted by molar-refractivity contribution is 5.90. The van der Waals surface area contributed by atoms with Crippen molar-refractivity contribution in [1.82, 2.24) is 0 Å². The molecule has 0 aliphatic heterocycles. The summed E-state index contributed by atoms with van der Waals surface area (Å²) in [4.78, 5) is 21.9. The van der Waals surface area contributed by atoms with E-state index in [4.69, 9.17) is 5.11 Å². The minimum absolute atomic E-state index is 0.0549. The first-order chi connectivity index (χ1) is 11.2. The van der Waals surface area contributed by atoms with Crippen LogP contribution < -0.4 is 0 Å². The molecule has 23 heavy (non-hydrogen) atoms. The predicted octanol–water partition coefficient (Wildman–Crippen LogP) is 5.40. The van der Waals surface area contributed by atoms with Crippen LogP contribution in [-0.4, -0.2) is 16.9 Å². The molecule has 0 rings (SSSR count). The number of hydrogen-bond donors (Lipinski definition) is 1. The Bertz CT molecular complexity index is 428. The van der Waals surface area contributed by atoms with Gasteiger partial charge in [-0.3, -0.25) is 9.59 Å². The van der Waals surface area contributed by atoms with Gasteiger partial charge in [-0.2, -0.15) is 0 Å². The smallest absolute Gasteiger partial charge is 0.303 e. The zero-order valence-electron chi connectivity index (χ0n) is 14.2. The van der Waals surface area contributed by atoms with E-state index in [9.17, 15) is 9.59 Å². The molecule has 0 saturated carbocycles. The van der Waals surface area contributed by atoms with Crippen LogP contribution in [0.1, 0.15) is 64.7 Å². The normalized spacial score (nSPS) is 12.2. The molecule has 0 aliphatic carbocycles. The van der Waals surface area contributed by atoms with Crippen LogP contribution in [0.25, 0.3) is 0 Å². The number of aliphatic carboxylic acids is 1. The van der Waals surface area contributed by atoms with Gasteiger partial charge in [0.2, 0.25) is 0 Å². The third-order valence-electron chi connectivity index (χ3n) is 3.19. The molecule has 0 atom stereocenters. The summed E-state index contributed by atoms with van der Waals surface area (Å²) in [5, 5.41) is 8.48. The number of hydrogen-bond acceptors (Lipinski definition) is 2. The number of allylic oxidation sites excluding steroid dienone is 8. The van der Waals surface area contributed by atoms with Crippen LogP contribution in [0, 0.1) is 0 Å². The number of carbonyl (C=O) groups excluding carboxylic acids is 1. The molecule has 0 spiro atoms. The summed E-state index contributed by atoms with van der Waals surface area (Å²) in [6.45, 7) is 2.20. The largest absolute Gasteiger partial charge is 0.481 e. The van der Waals surface area contributed by atoms with E-state index >= 15 is 0 Å². The van der Waals surface area contributed by atoms with E-state index in [-0.39, 0.29) is 12.2 Å². The van der Waals surface area contributed by atoms with Crippen molar-refractivity contribution < 1.29 is 14.7 Å². The third kappa shape index (κ3) is 18.1. The van der Waals surface area contributed by atoms with Gasteiger partial charge in [0.25, 0.3) is 0 Å². The highest BCUT2D eigenvalue weighted by atomic mass is 16.4. The summed E-state index contributed by atoms with van der Waals surface area (Å²) < 4.78 is 0. The van der Waals surface area contributed by atoms with Crippen molar-refractivity contribution in [2.24, 2.45) is 0 Å².